The Labute approximate surface area is 101 Å². The number of hydrogen-bond acceptors (Lipinski definition) is 4. The van der Waals surface area contributed by atoms with E-state index in [0.717, 1.165) is 0 Å². The fraction of sp³-hybridized carbons (Fsp3) is 0. The average molecular weight is 247 g/mol. The lowest BCUT2D eigenvalue weighted by atomic mass is 10.2. The Morgan fingerprint density at radius 1 is 1.33 bits per heavy atom. The Bertz CT molecular complexity index is 592. The van der Waals surface area contributed by atoms with Crippen molar-refractivity contribution >= 4 is 17.6 Å². The van der Waals surface area contributed by atoms with Gasteiger partial charge in [0, 0.05) is 0 Å². The number of rotatable bonds is 3. The Hall–Kier alpha value is -2.83. The molecule has 0 aliphatic carbocycles. The smallest absolute Gasteiger partial charge is 0.335 e. The number of imidazole rings is 1. The Morgan fingerprint density at radius 2 is 2.11 bits per heavy atom. The van der Waals surface area contributed by atoms with Crippen molar-refractivity contribution in [1.82, 2.24) is 9.97 Å². The normalized spacial score (nSPS) is 10.0. The molecule has 92 valence electrons. The minimum Gasteiger partial charge on any atom is -0.506 e. The summed E-state index contributed by atoms with van der Waals surface area (Å²) in [7, 11) is 0. The monoisotopic (exact) mass is 247 g/mol. The number of anilines is 1. The second kappa shape index (κ2) is 4.58. The molecule has 1 aromatic heterocycles. The Morgan fingerprint density at radius 3 is 2.72 bits per heavy atom. The minimum atomic E-state index is -1.15. The van der Waals surface area contributed by atoms with E-state index in [1.165, 1.54) is 30.7 Å². The number of hydrogen-bond donors (Lipinski definition) is 4. The molecular formula is C11H9N3O4. The number of amides is 1. The first-order valence-corrected chi connectivity index (χ1v) is 4.94. The first kappa shape index (κ1) is 11.6. The highest BCUT2D eigenvalue weighted by Crippen LogP contribution is 2.24. The Kier molecular flexibility index (Phi) is 2.96. The number of carboxylic acid groups (broad SMARTS) is 1. The zero-order valence-electron chi connectivity index (χ0n) is 9.04. The van der Waals surface area contributed by atoms with Gasteiger partial charge in [-0.3, -0.25) is 4.79 Å². The highest BCUT2D eigenvalue weighted by atomic mass is 16.4. The highest BCUT2D eigenvalue weighted by Gasteiger charge is 2.12. The van der Waals surface area contributed by atoms with Crippen LogP contribution in [0.15, 0.2) is 30.7 Å². The van der Waals surface area contributed by atoms with Crippen LogP contribution >= 0.6 is 0 Å². The molecule has 1 amide bonds. The minimum absolute atomic E-state index is 0.0227. The van der Waals surface area contributed by atoms with E-state index in [1.807, 2.05) is 0 Å². The fourth-order valence-electron chi connectivity index (χ4n) is 1.34. The molecule has 7 nitrogen and oxygen atoms in total. The number of carbonyl (C=O) groups is 2. The lowest BCUT2D eigenvalue weighted by Gasteiger charge is -2.07. The number of aromatic carboxylic acids is 1. The molecule has 0 fully saturated rings. The van der Waals surface area contributed by atoms with E-state index in [1.54, 1.807) is 0 Å². The predicted molar refractivity (Wildman–Crippen MR) is 61.6 cm³/mol. The van der Waals surface area contributed by atoms with Crippen LogP contribution in [-0.2, 0) is 0 Å². The molecule has 0 bridgehead atoms. The summed E-state index contributed by atoms with van der Waals surface area (Å²) in [6.45, 7) is 0. The first-order chi connectivity index (χ1) is 8.58. The lowest BCUT2D eigenvalue weighted by Crippen LogP contribution is -2.13. The third-order valence-electron chi connectivity index (χ3n) is 2.23. The van der Waals surface area contributed by atoms with E-state index in [2.05, 4.69) is 15.3 Å². The number of aromatic nitrogens is 2. The maximum atomic E-state index is 11.7. The molecule has 2 aromatic rings. The molecule has 18 heavy (non-hydrogen) atoms. The molecule has 0 spiro atoms. The summed E-state index contributed by atoms with van der Waals surface area (Å²) >= 11 is 0. The number of aromatic hydroxyl groups is 1. The van der Waals surface area contributed by atoms with Gasteiger partial charge in [-0.1, -0.05) is 0 Å². The van der Waals surface area contributed by atoms with Gasteiger partial charge < -0.3 is 20.5 Å². The van der Waals surface area contributed by atoms with Crippen LogP contribution in [0.5, 0.6) is 5.75 Å². The van der Waals surface area contributed by atoms with E-state index < -0.39 is 11.9 Å². The van der Waals surface area contributed by atoms with Gasteiger partial charge in [-0.25, -0.2) is 9.78 Å². The quantitative estimate of drug-likeness (QED) is 0.605. The molecule has 2 rings (SSSR count). The van der Waals surface area contributed by atoms with E-state index in [9.17, 15) is 14.7 Å². The number of benzene rings is 1. The molecule has 0 saturated heterocycles. The van der Waals surface area contributed by atoms with Crippen molar-refractivity contribution in [1.29, 1.82) is 0 Å². The van der Waals surface area contributed by atoms with Gasteiger partial charge in [0.2, 0.25) is 0 Å². The predicted octanol–water partition coefficient (Wildman–Crippen LogP) is 1.07. The molecule has 0 saturated carbocycles. The van der Waals surface area contributed by atoms with Crippen molar-refractivity contribution in [3.8, 4) is 5.75 Å². The molecule has 0 unspecified atom stereocenters. The molecule has 7 heteroatoms. The molecule has 0 aliphatic rings. The van der Waals surface area contributed by atoms with Crippen LogP contribution in [0.25, 0.3) is 0 Å². The van der Waals surface area contributed by atoms with Gasteiger partial charge in [0.15, 0.2) is 0 Å². The number of nitrogens with one attached hydrogen (secondary N) is 2. The number of phenolic OH excluding ortho intramolecular Hbond substituents is 1. The number of phenols is 1. The van der Waals surface area contributed by atoms with E-state index in [4.69, 9.17) is 5.11 Å². The van der Waals surface area contributed by atoms with Crippen LogP contribution in [-0.4, -0.2) is 32.1 Å². The maximum absolute atomic E-state index is 11.7. The number of carbonyl (C=O) groups excluding carboxylic acids is 1. The van der Waals surface area contributed by atoms with Crippen LogP contribution in [0.1, 0.15) is 20.8 Å². The molecule has 0 atom stereocenters. The van der Waals surface area contributed by atoms with Gasteiger partial charge in [0.05, 0.1) is 23.8 Å². The van der Waals surface area contributed by atoms with Gasteiger partial charge in [-0.05, 0) is 18.2 Å². The Balaban J connectivity index is 2.26. The summed E-state index contributed by atoms with van der Waals surface area (Å²) in [5.41, 5.74) is 0.192. The first-order valence-electron chi connectivity index (χ1n) is 4.94. The standard InChI is InChI=1S/C11H9N3O4/c15-9-2-1-6(11(17)18)3-7(9)14-10(16)8-4-12-5-13-8/h1-5,15H,(H,12,13)(H,14,16)(H,17,18). The van der Waals surface area contributed by atoms with E-state index >= 15 is 0 Å². The summed E-state index contributed by atoms with van der Waals surface area (Å²) in [5.74, 6) is -1.88. The maximum Gasteiger partial charge on any atom is 0.335 e. The summed E-state index contributed by atoms with van der Waals surface area (Å²) in [4.78, 5) is 28.7. The number of H-pyrrole nitrogens is 1. The van der Waals surface area contributed by atoms with Gasteiger partial charge in [0.25, 0.3) is 5.91 Å². The van der Waals surface area contributed by atoms with Crippen molar-refractivity contribution in [2.45, 2.75) is 0 Å². The van der Waals surface area contributed by atoms with Crippen LogP contribution < -0.4 is 5.32 Å². The van der Waals surface area contributed by atoms with E-state index in [0.29, 0.717) is 0 Å². The second-order valence-electron chi connectivity index (χ2n) is 3.46. The number of carboxylic acids is 1. The van der Waals surface area contributed by atoms with Crippen LogP contribution in [0.2, 0.25) is 0 Å². The van der Waals surface area contributed by atoms with Crippen LogP contribution in [0.3, 0.4) is 0 Å². The largest absolute Gasteiger partial charge is 0.506 e. The van der Waals surface area contributed by atoms with Gasteiger partial charge >= 0.3 is 5.97 Å². The second-order valence-corrected chi connectivity index (χ2v) is 3.46. The fourth-order valence-corrected chi connectivity index (χ4v) is 1.34. The summed E-state index contributed by atoms with van der Waals surface area (Å²) in [6, 6.07) is 3.61. The zero-order chi connectivity index (χ0) is 13.1. The van der Waals surface area contributed by atoms with E-state index in [-0.39, 0.29) is 22.7 Å². The van der Waals surface area contributed by atoms with Crippen molar-refractivity contribution in [2.75, 3.05) is 5.32 Å². The number of nitrogens with zero attached hydrogens (tertiary/aromatic N) is 1. The average Bonchev–Trinajstić information content (AvgIpc) is 2.85. The van der Waals surface area contributed by atoms with Gasteiger partial charge in [-0.15, -0.1) is 0 Å². The van der Waals surface area contributed by atoms with Crippen LogP contribution in [0.4, 0.5) is 5.69 Å². The number of aromatic amines is 1. The molecule has 0 aliphatic heterocycles. The summed E-state index contributed by atoms with van der Waals surface area (Å²) in [5, 5.41) is 20.7. The zero-order valence-corrected chi connectivity index (χ0v) is 9.04. The third-order valence-corrected chi connectivity index (χ3v) is 2.23. The van der Waals surface area contributed by atoms with Crippen molar-refractivity contribution < 1.29 is 19.8 Å². The molecule has 1 heterocycles. The molecule has 1 aromatic carbocycles. The summed E-state index contributed by atoms with van der Waals surface area (Å²) < 4.78 is 0. The SMILES string of the molecule is O=C(O)c1ccc(O)c(NC(=O)c2cnc[nH]2)c1. The summed E-state index contributed by atoms with van der Waals surface area (Å²) in [6.07, 6.45) is 2.65. The topological polar surface area (TPSA) is 115 Å². The molecule has 0 radical (unpaired) electrons. The highest BCUT2D eigenvalue weighted by molar-refractivity contribution is 6.04. The molecule has 4 N–H and O–H groups in total. The third kappa shape index (κ3) is 2.29. The van der Waals surface area contributed by atoms with Crippen molar-refractivity contribution in [3.05, 3.63) is 42.0 Å². The van der Waals surface area contributed by atoms with Crippen molar-refractivity contribution in [2.24, 2.45) is 0 Å². The van der Waals surface area contributed by atoms with Gasteiger partial charge in [0.1, 0.15) is 11.4 Å². The molecular weight excluding hydrogens is 238 g/mol. The van der Waals surface area contributed by atoms with Gasteiger partial charge in [-0.2, -0.15) is 0 Å². The van der Waals surface area contributed by atoms with Crippen LogP contribution in [0, 0.1) is 0 Å². The lowest BCUT2D eigenvalue weighted by molar-refractivity contribution is 0.0696. The van der Waals surface area contributed by atoms with Crippen molar-refractivity contribution in [3.63, 3.8) is 0 Å².